The highest BCUT2D eigenvalue weighted by Gasteiger charge is 2.34. The molecule has 0 bridgehead atoms. The molecule has 2 rings (SSSR count). The summed E-state index contributed by atoms with van der Waals surface area (Å²) in [6.07, 6.45) is 0.0405. The predicted octanol–water partition coefficient (Wildman–Crippen LogP) is 0.795. The molecule has 0 spiro atoms. The van der Waals surface area contributed by atoms with E-state index in [1.54, 1.807) is 0 Å². The number of likely N-dealkylation sites (N-methyl/N-ethyl adjacent to an activating group) is 1. The van der Waals surface area contributed by atoms with Gasteiger partial charge in [0.15, 0.2) is 0 Å². The van der Waals surface area contributed by atoms with Gasteiger partial charge in [-0.15, -0.1) is 0 Å². The lowest BCUT2D eigenvalue weighted by molar-refractivity contribution is -0.149. The number of nitrogens with zero attached hydrogens (tertiary/aromatic N) is 1. The molecule has 0 saturated carbocycles. The van der Waals surface area contributed by atoms with Crippen molar-refractivity contribution in [1.82, 2.24) is 4.90 Å². The fourth-order valence-corrected chi connectivity index (χ4v) is 2.07. The third-order valence-corrected chi connectivity index (χ3v) is 3.02. The van der Waals surface area contributed by atoms with Gasteiger partial charge in [0, 0.05) is 13.0 Å². The molecule has 1 aromatic rings. The minimum absolute atomic E-state index is 0.257. The molecule has 1 N–H and O–H groups in total. The van der Waals surface area contributed by atoms with E-state index in [-0.39, 0.29) is 12.0 Å². The second-order valence-corrected chi connectivity index (χ2v) is 4.44. The van der Waals surface area contributed by atoms with Gasteiger partial charge < -0.3 is 9.84 Å². The third kappa shape index (κ3) is 3.05. The Balaban J connectivity index is 1.86. The minimum Gasteiger partial charge on any atom is -0.460 e. The fourth-order valence-electron chi connectivity index (χ4n) is 2.07. The lowest BCUT2D eigenvalue weighted by atomic mass is 10.2. The number of carbonyl (C=O) groups is 1. The topological polar surface area (TPSA) is 49.8 Å². The van der Waals surface area contributed by atoms with E-state index in [4.69, 9.17) is 4.74 Å². The minimum atomic E-state index is -0.422. The maximum Gasteiger partial charge on any atom is 0.323 e. The third-order valence-electron chi connectivity index (χ3n) is 3.02. The normalized spacial score (nSPS) is 24.8. The van der Waals surface area contributed by atoms with Gasteiger partial charge >= 0.3 is 5.97 Å². The highest BCUT2D eigenvalue weighted by molar-refractivity contribution is 5.76. The van der Waals surface area contributed by atoms with Crippen molar-refractivity contribution in [3.63, 3.8) is 0 Å². The first kappa shape index (κ1) is 12.1. The number of hydrogen-bond acceptors (Lipinski definition) is 4. The predicted molar refractivity (Wildman–Crippen MR) is 63.3 cm³/mol. The van der Waals surface area contributed by atoms with Crippen molar-refractivity contribution in [3.8, 4) is 0 Å². The number of β-amino-alcohol motifs (C(OH)–C–C–N with tert-alkyl or cyclic N) is 1. The molecule has 4 nitrogen and oxygen atoms in total. The van der Waals surface area contributed by atoms with Crippen LogP contribution in [0.4, 0.5) is 0 Å². The van der Waals surface area contributed by atoms with Gasteiger partial charge in [0.05, 0.1) is 6.10 Å². The summed E-state index contributed by atoms with van der Waals surface area (Å²) in [5.41, 5.74) is 0.974. The standard InChI is InChI=1S/C13H17NO3/c1-14-8-11(15)7-12(14)13(16)17-9-10-5-3-2-4-6-10/h2-6,11-12,15H,7-9H2,1H3/t11?,12-/m0/s1. The molecule has 0 aliphatic carbocycles. The molecule has 1 fully saturated rings. The van der Waals surface area contributed by atoms with Crippen molar-refractivity contribution < 1.29 is 14.6 Å². The first-order valence-corrected chi connectivity index (χ1v) is 5.75. The van der Waals surface area contributed by atoms with E-state index in [0.717, 1.165) is 5.56 Å². The van der Waals surface area contributed by atoms with Gasteiger partial charge in [0.2, 0.25) is 0 Å². The van der Waals surface area contributed by atoms with Crippen LogP contribution in [0.25, 0.3) is 0 Å². The molecule has 1 aliphatic heterocycles. The van der Waals surface area contributed by atoms with E-state index >= 15 is 0 Å². The lowest BCUT2D eigenvalue weighted by Crippen LogP contribution is -2.34. The van der Waals surface area contributed by atoms with Crippen molar-refractivity contribution in [3.05, 3.63) is 35.9 Å². The van der Waals surface area contributed by atoms with Gasteiger partial charge in [0.1, 0.15) is 12.6 Å². The molecule has 0 radical (unpaired) electrons. The van der Waals surface area contributed by atoms with Crippen LogP contribution in [-0.2, 0) is 16.1 Å². The summed E-state index contributed by atoms with van der Waals surface area (Å²) in [6.45, 7) is 0.825. The Morgan fingerprint density at radius 1 is 1.47 bits per heavy atom. The van der Waals surface area contributed by atoms with Crippen molar-refractivity contribution in [1.29, 1.82) is 0 Å². The molecule has 0 amide bonds. The summed E-state index contributed by atoms with van der Waals surface area (Å²) in [7, 11) is 1.82. The van der Waals surface area contributed by atoms with Crippen LogP contribution in [0, 0.1) is 0 Å². The summed E-state index contributed by atoms with van der Waals surface area (Å²) >= 11 is 0. The van der Waals surface area contributed by atoms with Crippen LogP contribution in [-0.4, -0.2) is 41.7 Å². The van der Waals surface area contributed by atoms with E-state index in [1.807, 2.05) is 42.3 Å². The van der Waals surface area contributed by atoms with E-state index in [2.05, 4.69) is 0 Å². The summed E-state index contributed by atoms with van der Waals surface area (Å²) in [6, 6.07) is 9.27. The smallest absolute Gasteiger partial charge is 0.323 e. The van der Waals surface area contributed by atoms with E-state index in [9.17, 15) is 9.90 Å². The molecular formula is C13H17NO3. The zero-order valence-corrected chi connectivity index (χ0v) is 9.87. The molecule has 4 heteroatoms. The number of aliphatic hydroxyl groups is 1. The molecule has 1 unspecified atom stereocenters. The van der Waals surface area contributed by atoms with Gasteiger partial charge in [-0.05, 0) is 12.6 Å². The number of ether oxygens (including phenoxy) is 1. The summed E-state index contributed by atoms with van der Waals surface area (Å²) in [5, 5.41) is 9.45. The molecule has 0 aromatic heterocycles. The van der Waals surface area contributed by atoms with Gasteiger partial charge in [0.25, 0.3) is 0 Å². The number of esters is 1. The molecule has 1 aliphatic rings. The average Bonchev–Trinajstić information content (AvgIpc) is 2.67. The molecule has 92 valence electrons. The quantitative estimate of drug-likeness (QED) is 0.787. The molecule has 17 heavy (non-hydrogen) atoms. The molecule has 2 atom stereocenters. The van der Waals surface area contributed by atoms with Crippen molar-refractivity contribution >= 4 is 5.97 Å². The maximum absolute atomic E-state index is 11.8. The van der Waals surface area contributed by atoms with Gasteiger partial charge in [-0.25, -0.2) is 0 Å². The number of aliphatic hydroxyl groups excluding tert-OH is 1. The molecule has 1 heterocycles. The largest absolute Gasteiger partial charge is 0.460 e. The molecule has 1 saturated heterocycles. The number of benzene rings is 1. The summed E-state index contributed by atoms with van der Waals surface area (Å²) in [4.78, 5) is 13.6. The van der Waals surface area contributed by atoms with Crippen molar-refractivity contribution in [2.45, 2.75) is 25.2 Å². The van der Waals surface area contributed by atoms with E-state index in [0.29, 0.717) is 19.6 Å². The Hall–Kier alpha value is -1.39. The molecule has 1 aromatic carbocycles. The number of likely N-dealkylation sites (tertiary alicyclic amines) is 1. The van der Waals surface area contributed by atoms with Gasteiger partial charge in [-0.2, -0.15) is 0 Å². The van der Waals surface area contributed by atoms with E-state index < -0.39 is 6.10 Å². The summed E-state index contributed by atoms with van der Waals surface area (Å²) in [5.74, 6) is -0.257. The van der Waals surface area contributed by atoms with Crippen LogP contribution >= 0.6 is 0 Å². The second-order valence-electron chi connectivity index (χ2n) is 4.44. The van der Waals surface area contributed by atoms with Crippen LogP contribution in [0.2, 0.25) is 0 Å². The zero-order valence-electron chi connectivity index (χ0n) is 9.87. The Labute approximate surface area is 101 Å². The Morgan fingerprint density at radius 3 is 2.76 bits per heavy atom. The number of carbonyl (C=O) groups excluding carboxylic acids is 1. The monoisotopic (exact) mass is 235 g/mol. The highest BCUT2D eigenvalue weighted by Crippen LogP contribution is 2.17. The van der Waals surface area contributed by atoms with Crippen LogP contribution in [0.5, 0.6) is 0 Å². The van der Waals surface area contributed by atoms with Gasteiger partial charge in [-0.1, -0.05) is 30.3 Å². The number of hydrogen-bond donors (Lipinski definition) is 1. The highest BCUT2D eigenvalue weighted by atomic mass is 16.5. The maximum atomic E-state index is 11.8. The van der Waals surface area contributed by atoms with Crippen molar-refractivity contribution in [2.24, 2.45) is 0 Å². The number of rotatable bonds is 3. The fraction of sp³-hybridized carbons (Fsp3) is 0.462. The second kappa shape index (κ2) is 5.29. The lowest BCUT2D eigenvalue weighted by Gasteiger charge is -2.17. The zero-order chi connectivity index (χ0) is 12.3. The van der Waals surface area contributed by atoms with Crippen LogP contribution in [0.15, 0.2) is 30.3 Å². The first-order chi connectivity index (χ1) is 8.16. The van der Waals surface area contributed by atoms with Crippen LogP contribution < -0.4 is 0 Å². The van der Waals surface area contributed by atoms with Crippen LogP contribution in [0.3, 0.4) is 0 Å². The van der Waals surface area contributed by atoms with Gasteiger partial charge in [-0.3, -0.25) is 9.69 Å². The Morgan fingerprint density at radius 2 is 2.18 bits per heavy atom. The van der Waals surface area contributed by atoms with Crippen molar-refractivity contribution in [2.75, 3.05) is 13.6 Å². The Bertz CT molecular complexity index is 380. The average molecular weight is 235 g/mol. The first-order valence-electron chi connectivity index (χ1n) is 5.75. The molecular weight excluding hydrogens is 218 g/mol. The summed E-state index contributed by atoms with van der Waals surface area (Å²) < 4.78 is 5.24. The van der Waals surface area contributed by atoms with Crippen LogP contribution in [0.1, 0.15) is 12.0 Å². The van der Waals surface area contributed by atoms with E-state index in [1.165, 1.54) is 0 Å². The Kier molecular flexibility index (Phi) is 3.76. The SMILES string of the molecule is CN1CC(O)C[C@H]1C(=O)OCc1ccccc1.